The second-order valence-corrected chi connectivity index (χ2v) is 2.80. The maximum atomic E-state index is 9.26. The van der Waals surface area contributed by atoms with Crippen LogP contribution in [-0.2, 0) is 4.79 Å². The molecule has 6 nitrogen and oxygen atoms in total. The fraction of sp³-hybridized carbons (Fsp3) is 0.875. The molecule has 0 aromatic heterocycles. The van der Waals surface area contributed by atoms with Gasteiger partial charge in [0.1, 0.15) is 6.58 Å². The molecular formula is C8H18O6. The lowest BCUT2D eigenvalue weighted by Crippen LogP contribution is -2.32. The van der Waals surface area contributed by atoms with E-state index in [9.17, 15) is 4.79 Å². The lowest BCUT2D eigenvalue weighted by molar-refractivity contribution is -0.140. The summed E-state index contributed by atoms with van der Waals surface area (Å²) in [5, 5.41) is 41.2. The molecule has 0 radical (unpaired) electrons. The van der Waals surface area contributed by atoms with Crippen LogP contribution in [-0.4, -0.2) is 57.9 Å². The van der Waals surface area contributed by atoms with Gasteiger partial charge in [-0.3, -0.25) is 0 Å². The van der Waals surface area contributed by atoms with Gasteiger partial charge >= 0.3 is 5.97 Å². The Morgan fingerprint density at radius 1 is 1.21 bits per heavy atom. The zero-order valence-electron chi connectivity index (χ0n) is 9.05. The van der Waals surface area contributed by atoms with Crippen molar-refractivity contribution in [2.75, 3.05) is 26.4 Å². The highest BCUT2D eigenvalue weighted by Crippen LogP contribution is 2.18. The minimum atomic E-state index is -1.98. The van der Waals surface area contributed by atoms with Crippen LogP contribution in [0, 0.1) is 5.41 Å². The van der Waals surface area contributed by atoms with Crippen LogP contribution in [0.2, 0.25) is 0 Å². The van der Waals surface area contributed by atoms with Crippen LogP contribution in [0.15, 0.2) is 0 Å². The molecule has 0 aromatic rings. The standard InChI is InChI=1S/C6H14O3.C2H4O3/c1-2-6(3-7,4-8)5-9;3-1-2(4)5/h7-9H,2-5H2,1H3;3H,1H2,(H,4,5)/i;1T. The summed E-state index contributed by atoms with van der Waals surface area (Å²) < 4.78 is 5.99. The first-order valence-corrected chi connectivity index (χ1v) is 4.04. The quantitative estimate of drug-likeness (QED) is 0.375. The van der Waals surface area contributed by atoms with Gasteiger partial charge in [0.15, 0.2) is 0 Å². The van der Waals surface area contributed by atoms with E-state index >= 15 is 0 Å². The van der Waals surface area contributed by atoms with E-state index < -0.39 is 18.0 Å². The van der Waals surface area contributed by atoms with Gasteiger partial charge in [-0.15, -0.1) is 0 Å². The minimum absolute atomic E-state index is 0.156. The summed E-state index contributed by atoms with van der Waals surface area (Å²) in [6, 6.07) is 0. The molecule has 0 heterocycles. The molecule has 1 atom stereocenters. The molecule has 0 saturated carbocycles. The summed E-state index contributed by atoms with van der Waals surface area (Å²) in [5.74, 6) is -1.52. The largest absolute Gasteiger partial charge is 0.480 e. The number of aliphatic hydroxyl groups excluding tert-OH is 4. The molecule has 0 aromatic carbocycles. The van der Waals surface area contributed by atoms with Crippen molar-refractivity contribution in [1.82, 2.24) is 0 Å². The van der Waals surface area contributed by atoms with Gasteiger partial charge in [-0.1, -0.05) is 6.92 Å². The van der Waals surface area contributed by atoms with Crippen molar-refractivity contribution in [1.29, 1.82) is 0 Å². The first kappa shape index (κ1) is 13.3. The van der Waals surface area contributed by atoms with Crippen LogP contribution in [0.3, 0.4) is 0 Å². The Kier molecular flexibility index (Phi) is 8.45. The molecule has 0 aliphatic carbocycles. The first-order chi connectivity index (χ1) is 6.89. The van der Waals surface area contributed by atoms with Crippen molar-refractivity contribution in [3.63, 3.8) is 0 Å². The van der Waals surface area contributed by atoms with E-state index in [0.717, 1.165) is 0 Å². The number of carbonyl (C=O) groups is 1. The third-order valence-corrected chi connectivity index (χ3v) is 1.87. The zero-order valence-corrected chi connectivity index (χ0v) is 8.05. The minimum Gasteiger partial charge on any atom is -0.480 e. The summed E-state index contributed by atoms with van der Waals surface area (Å²) in [6.07, 6.45) is 0.594. The van der Waals surface area contributed by atoms with Crippen molar-refractivity contribution in [2.24, 2.45) is 5.41 Å². The fourth-order valence-corrected chi connectivity index (χ4v) is 0.485. The zero-order chi connectivity index (χ0) is 12.5. The normalized spacial score (nSPS) is 13.6. The highest BCUT2D eigenvalue weighted by molar-refractivity contribution is 5.67. The maximum Gasteiger partial charge on any atom is 0.329 e. The van der Waals surface area contributed by atoms with E-state index in [1.807, 2.05) is 6.92 Å². The predicted octanol–water partition coefficient (Wildman–Crippen LogP) is -1.58. The number of carboxylic acids is 1. The van der Waals surface area contributed by atoms with E-state index in [1.165, 1.54) is 0 Å². The summed E-state index contributed by atoms with van der Waals surface area (Å²) >= 11 is 0. The smallest absolute Gasteiger partial charge is 0.329 e. The van der Waals surface area contributed by atoms with Crippen LogP contribution in [0.5, 0.6) is 0 Å². The Labute approximate surface area is 83.8 Å². The summed E-state index contributed by atoms with van der Waals surface area (Å²) in [6.45, 7) is -0.628. The molecule has 0 rings (SSSR count). The van der Waals surface area contributed by atoms with Crippen molar-refractivity contribution in [3.05, 3.63) is 0 Å². The van der Waals surface area contributed by atoms with E-state index in [0.29, 0.717) is 6.42 Å². The molecule has 6 heteroatoms. The predicted molar refractivity (Wildman–Crippen MR) is 48.7 cm³/mol. The average Bonchev–Trinajstić information content (AvgIpc) is 2.23. The van der Waals surface area contributed by atoms with Crippen molar-refractivity contribution in [3.8, 4) is 0 Å². The van der Waals surface area contributed by atoms with Crippen molar-refractivity contribution in [2.45, 2.75) is 13.3 Å². The third-order valence-electron chi connectivity index (χ3n) is 1.87. The van der Waals surface area contributed by atoms with Crippen molar-refractivity contribution < 1.29 is 31.7 Å². The van der Waals surface area contributed by atoms with Gasteiger partial charge in [0.05, 0.1) is 21.2 Å². The molecule has 0 aliphatic heterocycles. The molecule has 1 unspecified atom stereocenters. The topological polar surface area (TPSA) is 118 Å². The van der Waals surface area contributed by atoms with Crippen LogP contribution in [0.4, 0.5) is 0 Å². The number of hydrogen-bond acceptors (Lipinski definition) is 5. The van der Waals surface area contributed by atoms with Crippen LogP contribution in [0.25, 0.3) is 0 Å². The van der Waals surface area contributed by atoms with Crippen LogP contribution >= 0.6 is 0 Å². The number of hydrogen-bond donors (Lipinski definition) is 5. The van der Waals surface area contributed by atoms with Gasteiger partial charge in [0.2, 0.25) is 0 Å². The van der Waals surface area contributed by atoms with Gasteiger partial charge in [-0.2, -0.15) is 0 Å². The van der Waals surface area contributed by atoms with E-state index in [4.69, 9.17) is 26.9 Å². The fourth-order valence-electron chi connectivity index (χ4n) is 0.485. The Bertz CT molecular complexity index is 151. The van der Waals surface area contributed by atoms with Crippen molar-refractivity contribution >= 4 is 5.97 Å². The Morgan fingerprint density at radius 3 is 1.50 bits per heavy atom. The van der Waals surface area contributed by atoms with E-state index in [-0.39, 0.29) is 19.8 Å². The highest BCUT2D eigenvalue weighted by atomic mass is 16.4. The molecule has 0 bridgehead atoms. The molecule has 86 valence electrons. The Hall–Kier alpha value is -0.690. The van der Waals surface area contributed by atoms with Gasteiger partial charge < -0.3 is 25.5 Å². The van der Waals surface area contributed by atoms with Gasteiger partial charge in [0.25, 0.3) is 0 Å². The summed E-state index contributed by atoms with van der Waals surface area (Å²) in [7, 11) is 0. The highest BCUT2D eigenvalue weighted by Gasteiger charge is 2.24. The Morgan fingerprint density at radius 2 is 1.50 bits per heavy atom. The molecule has 0 spiro atoms. The summed E-state index contributed by atoms with van der Waals surface area (Å²) in [5.41, 5.74) is -0.667. The van der Waals surface area contributed by atoms with Gasteiger partial charge in [-0.25, -0.2) is 4.79 Å². The van der Waals surface area contributed by atoms with E-state index in [1.54, 1.807) is 0 Å². The summed E-state index contributed by atoms with van der Waals surface area (Å²) in [4.78, 5) is 9.26. The lowest BCUT2D eigenvalue weighted by atomic mass is 9.88. The first-order valence-electron chi connectivity index (χ1n) is 4.62. The number of aliphatic hydroxyl groups is 4. The van der Waals surface area contributed by atoms with Crippen LogP contribution in [0.1, 0.15) is 14.7 Å². The number of carboxylic acid groups (broad SMARTS) is 1. The molecule has 5 N–H and O–H groups in total. The molecule has 0 saturated heterocycles. The van der Waals surface area contributed by atoms with Gasteiger partial charge in [0, 0.05) is 5.41 Å². The second-order valence-electron chi connectivity index (χ2n) is 2.80. The number of rotatable bonds is 5. The molecule has 0 fully saturated rings. The third kappa shape index (κ3) is 6.79. The maximum absolute atomic E-state index is 9.26. The van der Waals surface area contributed by atoms with Gasteiger partial charge in [-0.05, 0) is 6.42 Å². The Balaban J connectivity index is 0. The lowest BCUT2D eigenvalue weighted by Gasteiger charge is -2.24. The second kappa shape index (κ2) is 8.89. The SMILES string of the molecule is CCC(CO)(CO)CO.[3H]C(O)C(=O)O. The van der Waals surface area contributed by atoms with E-state index in [2.05, 4.69) is 0 Å². The molecule has 0 amide bonds. The molecular weight excluding hydrogens is 192 g/mol. The average molecular weight is 212 g/mol. The number of aliphatic carboxylic acids is 1. The van der Waals surface area contributed by atoms with Crippen LogP contribution < -0.4 is 0 Å². The molecule has 0 aliphatic rings. The monoisotopic (exact) mass is 212 g/mol. The molecule has 14 heavy (non-hydrogen) atoms.